The number of benzene rings is 1. The van der Waals surface area contributed by atoms with Gasteiger partial charge in [-0.15, -0.1) is 6.58 Å². The zero-order chi connectivity index (χ0) is 17.0. The minimum absolute atomic E-state index is 0.0390. The summed E-state index contributed by atoms with van der Waals surface area (Å²) in [6.45, 7) is 6.89. The minimum atomic E-state index is -3.70. The Hall–Kier alpha value is -1.93. The van der Waals surface area contributed by atoms with Crippen LogP contribution in [0.5, 0.6) is 0 Å². The van der Waals surface area contributed by atoms with Crippen LogP contribution in [0.1, 0.15) is 19.8 Å². The molecule has 1 N–H and O–H groups in total. The second-order valence-corrected chi connectivity index (χ2v) is 7.63. The molecule has 0 atom stereocenters. The average molecular weight is 339 g/mol. The van der Waals surface area contributed by atoms with E-state index in [0.29, 0.717) is 25.6 Å². The third-order valence-electron chi connectivity index (χ3n) is 3.98. The van der Waals surface area contributed by atoms with Crippen molar-refractivity contribution in [2.75, 3.05) is 25.0 Å². The van der Waals surface area contributed by atoms with Gasteiger partial charge in [-0.2, -0.15) is 4.31 Å². The standard InChI is InChI=1S/C15H21N3O4S/c1-3-8-16-14-5-4-13(11-15(14)18(19)20)23(21,22)17-9-6-12(2)7-10-17/h3-5,11-12,16H,1,6-10H2,2H3. The fraction of sp³-hybridized carbons (Fsp3) is 0.467. The first-order valence-corrected chi connectivity index (χ1v) is 8.93. The summed E-state index contributed by atoms with van der Waals surface area (Å²) in [5.74, 6) is 0.501. The van der Waals surface area contributed by atoms with Crippen molar-refractivity contribution in [2.45, 2.75) is 24.7 Å². The van der Waals surface area contributed by atoms with Crippen molar-refractivity contribution in [1.82, 2.24) is 4.31 Å². The Bertz CT molecular complexity index is 695. The highest BCUT2D eigenvalue weighted by molar-refractivity contribution is 7.89. The highest BCUT2D eigenvalue weighted by Gasteiger charge is 2.30. The number of nitro groups is 1. The van der Waals surface area contributed by atoms with Gasteiger partial charge in [-0.05, 0) is 30.9 Å². The normalized spacial score (nSPS) is 16.9. The van der Waals surface area contributed by atoms with Crippen LogP contribution in [-0.4, -0.2) is 37.3 Å². The summed E-state index contributed by atoms with van der Waals surface area (Å²) in [7, 11) is -3.70. The van der Waals surface area contributed by atoms with Gasteiger partial charge in [-0.3, -0.25) is 10.1 Å². The Kier molecular flexibility index (Phi) is 5.38. The molecule has 0 aliphatic carbocycles. The summed E-state index contributed by atoms with van der Waals surface area (Å²) in [6, 6.07) is 3.96. The second-order valence-electron chi connectivity index (χ2n) is 5.69. The van der Waals surface area contributed by atoms with E-state index >= 15 is 0 Å². The summed E-state index contributed by atoms with van der Waals surface area (Å²) in [5, 5.41) is 14.1. The van der Waals surface area contributed by atoms with E-state index in [0.717, 1.165) is 18.9 Å². The molecule has 8 heteroatoms. The molecule has 0 radical (unpaired) electrons. The number of hydrogen-bond donors (Lipinski definition) is 1. The van der Waals surface area contributed by atoms with Crippen LogP contribution in [0.3, 0.4) is 0 Å². The molecule has 2 rings (SSSR count). The number of anilines is 1. The summed E-state index contributed by atoms with van der Waals surface area (Å²) >= 11 is 0. The Morgan fingerprint density at radius 3 is 2.65 bits per heavy atom. The van der Waals surface area contributed by atoms with Crippen molar-refractivity contribution in [3.8, 4) is 0 Å². The first kappa shape index (κ1) is 17.4. The van der Waals surface area contributed by atoms with Crippen LogP contribution in [0, 0.1) is 16.0 Å². The highest BCUT2D eigenvalue weighted by atomic mass is 32.2. The maximum atomic E-state index is 12.7. The van der Waals surface area contributed by atoms with Gasteiger partial charge in [0.1, 0.15) is 5.69 Å². The summed E-state index contributed by atoms with van der Waals surface area (Å²) in [5.41, 5.74) is 0.0272. The van der Waals surface area contributed by atoms with Gasteiger partial charge in [0.25, 0.3) is 5.69 Å². The number of sulfonamides is 1. The second kappa shape index (κ2) is 7.10. The van der Waals surface area contributed by atoms with E-state index in [-0.39, 0.29) is 16.3 Å². The topological polar surface area (TPSA) is 92.6 Å². The molecule has 1 fully saturated rings. The van der Waals surface area contributed by atoms with Crippen molar-refractivity contribution in [3.05, 3.63) is 41.0 Å². The van der Waals surface area contributed by atoms with Gasteiger partial charge >= 0.3 is 0 Å². The largest absolute Gasteiger partial charge is 0.376 e. The molecule has 7 nitrogen and oxygen atoms in total. The third-order valence-corrected chi connectivity index (χ3v) is 5.88. The van der Waals surface area contributed by atoms with E-state index in [1.807, 2.05) is 0 Å². The first-order valence-electron chi connectivity index (χ1n) is 7.49. The van der Waals surface area contributed by atoms with Crippen molar-refractivity contribution in [3.63, 3.8) is 0 Å². The number of rotatable bonds is 6. The summed E-state index contributed by atoms with van der Waals surface area (Å²) in [6.07, 6.45) is 3.18. The Balaban J connectivity index is 2.33. The monoisotopic (exact) mass is 339 g/mol. The van der Waals surface area contributed by atoms with Crippen LogP contribution in [-0.2, 0) is 10.0 Å². The number of nitro benzene ring substituents is 1. The molecule has 0 bridgehead atoms. The fourth-order valence-electron chi connectivity index (χ4n) is 2.53. The maximum absolute atomic E-state index is 12.7. The van der Waals surface area contributed by atoms with E-state index in [1.54, 1.807) is 6.08 Å². The van der Waals surface area contributed by atoms with Gasteiger partial charge in [0.15, 0.2) is 0 Å². The van der Waals surface area contributed by atoms with E-state index < -0.39 is 14.9 Å². The van der Waals surface area contributed by atoms with Crippen LogP contribution in [0.15, 0.2) is 35.7 Å². The first-order chi connectivity index (χ1) is 10.9. The van der Waals surface area contributed by atoms with Gasteiger partial charge in [0, 0.05) is 25.7 Å². The maximum Gasteiger partial charge on any atom is 0.293 e. The third kappa shape index (κ3) is 3.89. The van der Waals surface area contributed by atoms with Crippen LogP contribution >= 0.6 is 0 Å². The zero-order valence-electron chi connectivity index (χ0n) is 13.1. The SMILES string of the molecule is C=CCNc1ccc(S(=O)(=O)N2CCC(C)CC2)cc1[N+](=O)[O-]. The smallest absolute Gasteiger partial charge is 0.293 e. The van der Waals surface area contributed by atoms with Gasteiger partial charge in [-0.1, -0.05) is 13.0 Å². The van der Waals surface area contributed by atoms with Crippen molar-refractivity contribution in [2.24, 2.45) is 5.92 Å². The van der Waals surface area contributed by atoms with E-state index in [9.17, 15) is 18.5 Å². The lowest BCUT2D eigenvalue weighted by Crippen LogP contribution is -2.37. The summed E-state index contributed by atoms with van der Waals surface area (Å²) in [4.78, 5) is 10.6. The molecular formula is C15H21N3O4S. The predicted octanol–water partition coefficient (Wildman–Crippen LogP) is 2.61. The van der Waals surface area contributed by atoms with E-state index in [1.165, 1.54) is 16.4 Å². The lowest BCUT2D eigenvalue weighted by molar-refractivity contribution is -0.384. The molecule has 1 aliphatic heterocycles. The van der Waals surface area contributed by atoms with Crippen molar-refractivity contribution >= 4 is 21.4 Å². The molecule has 23 heavy (non-hydrogen) atoms. The minimum Gasteiger partial charge on any atom is -0.376 e. The lowest BCUT2D eigenvalue weighted by Gasteiger charge is -2.29. The molecule has 0 aromatic heterocycles. The molecule has 1 aromatic rings. The Morgan fingerprint density at radius 1 is 1.43 bits per heavy atom. The average Bonchev–Trinajstić information content (AvgIpc) is 2.53. The molecule has 126 valence electrons. The molecule has 0 amide bonds. The predicted molar refractivity (Wildman–Crippen MR) is 88.9 cm³/mol. The fourth-order valence-corrected chi connectivity index (χ4v) is 4.02. The van der Waals surface area contributed by atoms with Crippen LogP contribution < -0.4 is 5.32 Å². The van der Waals surface area contributed by atoms with Crippen molar-refractivity contribution in [1.29, 1.82) is 0 Å². The Morgan fingerprint density at radius 2 is 2.09 bits per heavy atom. The van der Waals surface area contributed by atoms with E-state index in [2.05, 4.69) is 18.8 Å². The Labute approximate surface area is 136 Å². The van der Waals surface area contributed by atoms with E-state index in [4.69, 9.17) is 0 Å². The molecular weight excluding hydrogens is 318 g/mol. The quantitative estimate of drug-likeness (QED) is 0.488. The molecule has 1 saturated heterocycles. The number of nitrogens with zero attached hydrogens (tertiary/aromatic N) is 2. The lowest BCUT2D eigenvalue weighted by atomic mass is 10.0. The van der Waals surface area contributed by atoms with Crippen molar-refractivity contribution < 1.29 is 13.3 Å². The molecule has 0 saturated carbocycles. The highest BCUT2D eigenvalue weighted by Crippen LogP contribution is 2.30. The molecule has 1 heterocycles. The number of piperidine rings is 1. The molecule has 1 aliphatic rings. The van der Waals surface area contributed by atoms with Crippen LogP contribution in [0.4, 0.5) is 11.4 Å². The van der Waals surface area contributed by atoms with Gasteiger partial charge in [-0.25, -0.2) is 8.42 Å². The van der Waals surface area contributed by atoms with Gasteiger partial charge in [0.2, 0.25) is 10.0 Å². The molecule has 0 unspecified atom stereocenters. The summed E-state index contributed by atoms with van der Waals surface area (Å²) < 4.78 is 26.7. The van der Waals surface area contributed by atoms with Gasteiger partial charge in [0.05, 0.1) is 9.82 Å². The number of hydrogen-bond acceptors (Lipinski definition) is 5. The van der Waals surface area contributed by atoms with Crippen LogP contribution in [0.2, 0.25) is 0 Å². The zero-order valence-corrected chi connectivity index (χ0v) is 13.9. The number of nitrogens with one attached hydrogen (secondary N) is 1. The molecule has 1 aromatic carbocycles. The molecule has 0 spiro atoms. The van der Waals surface area contributed by atoms with Crippen LogP contribution in [0.25, 0.3) is 0 Å². The van der Waals surface area contributed by atoms with Gasteiger partial charge < -0.3 is 5.32 Å².